The Morgan fingerprint density at radius 3 is 2.76 bits per heavy atom. The summed E-state index contributed by atoms with van der Waals surface area (Å²) in [6.07, 6.45) is 0. The largest absolute Gasteiger partial charge is 0.378 e. The molecule has 1 amide bonds. The molecule has 0 aliphatic carbocycles. The molecule has 0 atom stereocenters. The number of halogens is 1. The lowest BCUT2D eigenvalue weighted by Gasteiger charge is -2.10. The van der Waals surface area contributed by atoms with Crippen LogP contribution in [0.15, 0.2) is 22.7 Å². The second-order valence-corrected chi connectivity index (χ2v) is 5.45. The molecular weight excluding hydrogens is 342 g/mol. The summed E-state index contributed by atoms with van der Waals surface area (Å²) in [5, 5.41) is 13.5. The summed E-state index contributed by atoms with van der Waals surface area (Å²) in [5.74, 6) is -0.359. The summed E-state index contributed by atoms with van der Waals surface area (Å²) in [4.78, 5) is 24.1. The van der Waals surface area contributed by atoms with E-state index in [1.165, 1.54) is 18.2 Å². The lowest BCUT2D eigenvalue weighted by atomic mass is 10.2. The van der Waals surface area contributed by atoms with Crippen molar-refractivity contribution in [1.82, 2.24) is 10.2 Å². The van der Waals surface area contributed by atoms with Crippen molar-refractivity contribution >= 4 is 27.5 Å². The van der Waals surface area contributed by atoms with Gasteiger partial charge in [0, 0.05) is 24.7 Å². The molecule has 0 aliphatic heterocycles. The number of ether oxygens (including phenoxy) is 1. The fraction of sp³-hybridized carbons (Fsp3) is 0.462. The minimum atomic E-state index is -0.536. The molecule has 0 saturated heterocycles. The zero-order chi connectivity index (χ0) is 15.8. The van der Waals surface area contributed by atoms with E-state index in [-0.39, 0.29) is 17.2 Å². The van der Waals surface area contributed by atoms with E-state index in [1.54, 1.807) is 0 Å². The van der Waals surface area contributed by atoms with Crippen molar-refractivity contribution in [3.05, 3.63) is 38.3 Å². The van der Waals surface area contributed by atoms with Gasteiger partial charge in [-0.1, -0.05) is 0 Å². The van der Waals surface area contributed by atoms with Crippen LogP contribution in [-0.4, -0.2) is 56.1 Å². The number of nitro benzene ring substituents is 1. The normalized spacial score (nSPS) is 10.7. The first-order chi connectivity index (χ1) is 9.91. The zero-order valence-electron chi connectivity index (χ0n) is 12.0. The number of carbonyl (C=O) groups excluding carboxylic acids is 1. The molecule has 0 saturated carbocycles. The molecule has 1 aromatic carbocycles. The van der Waals surface area contributed by atoms with E-state index >= 15 is 0 Å². The second kappa shape index (κ2) is 8.71. The van der Waals surface area contributed by atoms with Crippen molar-refractivity contribution in [2.75, 3.05) is 40.4 Å². The van der Waals surface area contributed by atoms with Crippen LogP contribution in [0.5, 0.6) is 0 Å². The molecule has 116 valence electrons. The molecule has 7 nitrogen and oxygen atoms in total. The number of nitrogens with one attached hydrogen (secondary N) is 1. The summed E-state index contributed by atoms with van der Waals surface area (Å²) in [6.45, 7) is 2.16. The Morgan fingerprint density at radius 1 is 1.43 bits per heavy atom. The maximum atomic E-state index is 11.9. The highest BCUT2D eigenvalue weighted by Gasteiger charge is 2.15. The molecule has 21 heavy (non-hydrogen) atoms. The van der Waals surface area contributed by atoms with E-state index in [9.17, 15) is 14.9 Å². The van der Waals surface area contributed by atoms with Crippen LogP contribution >= 0.6 is 15.9 Å². The van der Waals surface area contributed by atoms with Gasteiger partial charge in [0.15, 0.2) is 0 Å². The van der Waals surface area contributed by atoms with E-state index in [0.29, 0.717) is 24.2 Å². The molecule has 0 aliphatic rings. The highest BCUT2D eigenvalue weighted by Crippen LogP contribution is 2.25. The summed E-state index contributed by atoms with van der Waals surface area (Å²) in [7, 11) is 3.90. The number of hydrogen-bond donors (Lipinski definition) is 1. The Bertz CT molecular complexity index is 508. The van der Waals surface area contributed by atoms with Gasteiger partial charge in [-0.3, -0.25) is 14.9 Å². The van der Waals surface area contributed by atoms with E-state index in [1.807, 2.05) is 19.0 Å². The minimum absolute atomic E-state index is 0.134. The Hall–Kier alpha value is -1.51. The topological polar surface area (TPSA) is 84.7 Å². The molecule has 1 aromatic rings. The molecule has 0 bridgehead atoms. The Balaban J connectivity index is 2.42. The number of benzene rings is 1. The van der Waals surface area contributed by atoms with Gasteiger partial charge in [-0.25, -0.2) is 0 Å². The first kappa shape index (κ1) is 17.5. The van der Waals surface area contributed by atoms with Gasteiger partial charge >= 0.3 is 0 Å². The van der Waals surface area contributed by atoms with Gasteiger partial charge in [-0.2, -0.15) is 0 Å². The fourth-order valence-corrected chi connectivity index (χ4v) is 1.87. The summed E-state index contributed by atoms with van der Waals surface area (Å²) < 4.78 is 5.68. The summed E-state index contributed by atoms with van der Waals surface area (Å²) in [6, 6.07) is 4.26. The van der Waals surface area contributed by atoms with Crippen molar-refractivity contribution in [1.29, 1.82) is 0 Å². The molecule has 0 heterocycles. The number of rotatable bonds is 8. The molecule has 0 aromatic heterocycles. The van der Waals surface area contributed by atoms with Gasteiger partial charge < -0.3 is 15.0 Å². The molecule has 1 N–H and O–H groups in total. The summed E-state index contributed by atoms with van der Waals surface area (Å²) >= 11 is 3.08. The Kier molecular flexibility index (Phi) is 7.27. The van der Waals surface area contributed by atoms with Crippen molar-refractivity contribution < 1.29 is 14.5 Å². The van der Waals surface area contributed by atoms with Crippen LogP contribution < -0.4 is 5.32 Å². The SMILES string of the molecule is CN(C)CCOCCNC(=O)c1ccc(Br)c([N+](=O)[O-])c1. The molecular formula is C13H18BrN3O4. The van der Waals surface area contributed by atoms with Crippen LogP contribution in [0.1, 0.15) is 10.4 Å². The van der Waals surface area contributed by atoms with E-state index in [4.69, 9.17) is 4.74 Å². The summed E-state index contributed by atoms with van der Waals surface area (Å²) in [5.41, 5.74) is 0.114. The van der Waals surface area contributed by atoms with Gasteiger partial charge in [0.1, 0.15) is 0 Å². The van der Waals surface area contributed by atoms with Crippen molar-refractivity contribution in [3.8, 4) is 0 Å². The highest BCUT2D eigenvalue weighted by molar-refractivity contribution is 9.10. The van der Waals surface area contributed by atoms with Gasteiger partial charge in [0.2, 0.25) is 0 Å². The third kappa shape index (κ3) is 6.19. The maximum Gasteiger partial charge on any atom is 0.284 e. The lowest BCUT2D eigenvalue weighted by Crippen LogP contribution is -2.28. The maximum absolute atomic E-state index is 11.9. The van der Waals surface area contributed by atoms with E-state index < -0.39 is 4.92 Å². The standard InChI is InChI=1S/C13H18BrN3O4/c1-16(2)6-8-21-7-5-15-13(18)10-3-4-11(14)12(9-10)17(19)20/h3-4,9H,5-8H2,1-2H3,(H,15,18). The second-order valence-electron chi connectivity index (χ2n) is 4.59. The van der Waals surface area contributed by atoms with Crippen molar-refractivity contribution in [2.45, 2.75) is 0 Å². The van der Waals surface area contributed by atoms with E-state index in [0.717, 1.165) is 6.54 Å². The number of likely N-dealkylation sites (N-methyl/N-ethyl adjacent to an activating group) is 1. The fourth-order valence-electron chi connectivity index (χ4n) is 1.48. The number of amides is 1. The monoisotopic (exact) mass is 359 g/mol. The minimum Gasteiger partial charge on any atom is -0.378 e. The first-order valence-corrected chi connectivity index (χ1v) is 7.15. The van der Waals surface area contributed by atoms with Crippen LogP contribution in [-0.2, 0) is 4.74 Å². The van der Waals surface area contributed by atoms with Crippen LogP contribution in [0.25, 0.3) is 0 Å². The van der Waals surface area contributed by atoms with Gasteiger partial charge in [0.05, 0.1) is 22.6 Å². The average molecular weight is 360 g/mol. The number of nitrogens with zero attached hydrogens (tertiary/aromatic N) is 2. The van der Waals surface area contributed by atoms with Gasteiger partial charge in [-0.15, -0.1) is 0 Å². The van der Waals surface area contributed by atoms with Crippen molar-refractivity contribution in [3.63, 3.8) is 0 Å². The predicted octanol–water partition coefficient (Wildman–Crippen LogP) is 1.67. The molecule has 0 spiro atoms. The highest BCUT2D eigenvalue weighted by atomic mass is 79.9. The molecule has 0 unspecified atom stereocenters. The molecule has 0 fully saturated rings. The lowest BCUT2D eigenvalue weighted by molar-refractivity contribution is -0.385. The first-order valence-electron chi connectivity index (χ1n) is 6.36. The molecule has 1 rings (SSSR count). The molecule has 0 radical (unpaired) electrons. The van der Waals surface area contributed by atoms with Gasteiger partial charge in [-0.05, 0) is 42.2 Å². The predicted molar refractivity (Wildman–Crippen MR) is 82.5 cm³/mol. The van der Waals surface area contributed by atoms with Crippen LogP contribution in [0, 0.1) is 10.1 Å². The van der Waals surface area contributed by atoms with Crippen molar-refractivity contribution in [2.24, 2.45) is 0 Å². The molecule has 8 heteroatoms. The zero-order valence-corrected chi connectivity index (χ0v) is 13.6. The van der Waals surface area contributed by atoms with Gasteiger partial charge in [0.25, 0.3) is 11.6 Å². The Morgan fingerprint density at radius 2 is 2.14 bits per heavy atom. The third-order valence-corrected chi connectivity index (χ3v) is 3.29. The van der Waals surface area contributed by atoms with Crippen LogP contribution in [0.4, 0.5) is 5.69 Å². The number of carbonyl (C=O) groups is 1. The quantitative estimate of drug-likeness (QED) is 0.433. The number of nitro groups is 1. The van der Waals surface area contributed by atoms with E-state index in [2.05, 4.69) is 21.2 Å². The number of hydrogen-bond acceptors (Lipinski definition) is 5. The third-order valence-electron chi connectivity index (χ3n) is 2.62. The Labute approximate surface area is 131 Å². The average Bonchev–Trinajstić information content (AvgIpc) is 2.42. The smallest absolute Gasteiger partial charge is 0.284 e. The van der Waals surface area contributed by atoms with Crippen LogP contribution in [0.2, 0.25) is 0 Å². The van der Waals surface area contributed by atoms with Crippen LogP contribution in [0.3, 0.4) is 0 Å².